The van der Waals surface area contributed by atoms with Gasteiger partial charge in [-0.25, -0.2) is 4.79 Å². The van der Waals surface area contributed by atoms with E-state index in [2.05, 4.69) is 15.1 Å². The van der Waals surface area contributed by atoms with Crippen LogP contribution in [0.5, 0.6) is 0 Å². The third kappa shape index (κ3) is 6.67. The van der Waals surface area contributed by atoms with Gasteiger partial charge in [0, 0.05) is 24.1 Å². The number of H-pyrrole nitrogens is 1. The van der Waals surface area contributed by atoms with Gasteiger partial charge >= 0.3 is 12.2 Å². The summed E-state index contributed by atoms with van der Waals surface area (Å²) in [5, 5.41) is 3.59. The van der Waals surface area contributed by atoms with Gasteiger partial charge in [-0.1, -0.05) is 18.2 Å². The minimum absolute atomic E-state index is 0.0290. The van der Waals surface area contributed by atoms with E-state index in [0.29, 0.717) is 0 Å². The van der Waals surface area contributed by atoms with Gasteiger partial charge in [-0.05, 0) is 37.8 Å². The summed E-state index contributed by atoms with van der Waals surface area (Å²) in [6, 6.07) is 7.74. The molecule has 2 atom stereocenters. The number of hydrogen-bond donors (Lipinski definition) is 4. The summed E-state index contributed by atoms with van der Waals surface area (Å²) >= 11 is 0. The van der Waals surface area contributed by atoms with Crippen molar-refractivity contribution in [2.75, 3.05) is 0 Å². The van der Waals surface area contributed by atoms with E-state index >= 15 is 0 Å². The van der Waals surface area contributed by atoms with E-state index in [1.54, 1.807) is 13.8 Å². The predicted molar refractivity (Wildman–Crippen MR) is 106 cm³/mol. The summed E-state index contributed by atoms with van der Waals surface area (Å²) in [5.74, 6) is -1.57. The maximum absolute atomic E-state index is 12.5. The van der Waals surface area contributed by atoms with Gasteiger partial charge < -0.3 is 20.8 Å². The summed E-state index contributed by atoms with van der Waals surface area (Å²) in [7, 11) is 0. The van der Waals surface area contributed by atoms with E-state index in [1.165, 1.54) is 0 Å². The van der Waals surface area contributed by atoms with Gasteiger partial charge in [0.1, 0.15) is 6.04 Å². The van der Waals surface area contributed by atoms with Gasteiger partial charge in [0.05, 0.1) is 22.5 Å². The lowest BCUT2D eigenvalue weighted by molar-refractivity contribution is -0.151. The van der Waals surface area contributed by atoms with E-state index in [4.69, 9.17) is 16.0 Å². The van der Waals surface area contributed by atoms with Crippen molar-refractivity contribution in [2.45, 2.75) is 51.3 Å². The van der Waals surface area contributed by atoms with Crippen LogP contribution in [-0.2, 0) is 25.5 Å². The second-order valence-corrected chi connectivity index (χ2v) is 7.00. The van der Waals surface area contributed by atoms with Crippen molar-refractivity contribution in [3.05, 3.63) is 36.0 Å². The first-order valence-corrected chi connectivity index (χ1v) is 9.36. The Balaban J connectivity index is 2.02. The molecule has 5 N–H and O–H groups in total. The number of esters is 1. The Bertz CT molecular complexity index is 897. The molecule has 0 aliphatic heterocycles. The number of Topliss-reactive ketones (excluding diaryl/α,β-unsaturated/α-hetero) is 1. The second kappa shape index (κ2) is 10.3. The molecule has 1 heterocycles. The van der Waals surface area contributed by atoms with Crippen LogP contribution in [0.1, 0.15) is 32.4 Å². The third-order valence-corrected chi connectivity index (χ3v) is 4.20. The van der Waals surface area contributed by atoms with E-state index < -0.39 is 29.7 Å². The molecule has 1 amide bonds. The number of fused-ring (bicyclic) bond motifs is 1. The largest absolute Gasteiger partial charge is 0.461 e. The van der Waals surface area contributed by atoms with Crippen LogP contribution in [0.15, 0.2) is 30.3 Å². The van der Waals surface area contributed by atoms with Crippen LogP contribution in [0.2, 0.25) is 0 Å². The van der Waals surface area contributed by atoms with Crippen LogP contribution in [0.25, 0.3) is 10.9 Å². The number of aromatic amines is 1. The Labute approximate surface area is 168 Å². The van der Waals surface area contributed by atoms with Crippen LogP contribution in [0.3, 0.4) is 0 Å². The minimum atomic E-state index is -1.01. The van der Waals surface area contributed by atoms with E-state index in [0.717, 1.165) is 22.8 Å². The van der Waals surface area contributed by atoms with Gasteiger partial charge in [-0.2, -0.15) is 0 Å². The molecule has 0 bridgehead atoms. The van der Waals surface area contributed by atoms with Gasteiger partial charge in [-0.15, -0.1) is 0 Å². The molecule has 0 fully saturated rings. The van der Waals surface area contributed by atoms with Gasteiger partial charge in [0.25, 0.3) is 0 Å². The topological polar surface area (TPSA) is 152 Å². The number of nitrogens with two attached hydrogens (primary N) is 1. The molecule has 0 saturated carbocycles. The zero-order valence-electron chi connectivity index (χ0n) is 16.5. The Morgan fingerprint density at radius 1 is 1.31 bits per heavy atom. The Hall–Kier alpha value is -3.29. The lowest BCUT2D eigenvalue weighted by Crippen LogP contribution is -2.50. The smallest absolute Gasteiger partial charge is 0.372 e. The fourth-order valence-electron chi connectivity index (χ4n) is 2.84. The molecule has 1 aromatic carbocycles. The number of ether oxygens (including phenoxy) is 1. The van der Waals surface area contributed by atoms with Crippen molar-refractivity contribution in [1.29, 1.82) is 5.53 Å². The van der Waals surface area contributed by atoms with Gasteiger partial charge in [-0.3, -0.25) is 9.59 Å². The quantitative estimate of drug-likeness (QED) is 0.204. The number of ketones is 1. The van der Waals surface area contributed by atoms with E-state index in [9.17, 15) is 14.4 Å². The maximum Gasteiger partial charge on any atom is 0.372 e. The van der Waals surface area contributed by atoms with Crippen LogP contribution in [0.4, 0.5) is 0 Å². The first-order valence-electron chi connectivity index (χ1n) is 9.36. The number of carbonyl (C=O) groups excluding carboxylic acids is 3. The number of amides is 1. The molecular formula is C20H26N5O4+. The van der Waals surface area contributed by atoms with Crippen molar-refractivity contribution >= 4 is 34.8 Å². The molecule has 0 spiro atoms. The van der Waals surface area contributed by atoms with Crippen molar-refractivity contribution in [3.8, 4) is 0 Å². The standard InChI is InChI=1S/C20H25N5O4/c1-12(2)29-20(28)18(8-7-15(26)11-23-22)25-19(27)16(21)10-14-9-13-5-3-4-6-17(13)24-14/h3-6,9,11-12,16,18,22,24H,7-8,10,21H2,1-2H3/p+1/t16-,18-/m0/s1. The second-order valence-electron chi connectivity index (χ2n) is 7.00. The summed E-state index contributed by atoms with van der Waals surface area (Å²) in [6.07, 6.45) is 0.719. The monoisotopic (exact) mass is 400 g/mol. The number of aromatic nitrogens is 1. The highest BCUT2D eigenvalue weighted by Crippen LogP contribution is 2.15. The number of carbonyl (C=O) groups is 3. The molecule has 0 aliphatic rings. The first kappa shape index (κ1) is 22.0. The highest BCUT2D eigenvalue weighted by Gasteiger charge is 2.27. The first-order chi connectivity index (χ1) is 13.8. The molecule has 0 unspecified atom stereocenters. The van der Waals surface area contributed by atoms with Crippen molar-refractivity contribution in [1.82, 2.24) is 10.3 Å². The average molecular weight is 400 g/mol. The van der Waals surface area contributed by atoms with E-state index in [1.807, 2.05) is 30.3 Å². The molecule has 9 nitrogen and oxygen atoms in total. The predicted octanol–water partition coefficient (Wildman–Crippen LogP) is 1.13. The fourth-order valence-corrected chi connectivity index (χ4v) is 2.84. The molecule has 2 aromatic rings. The van der Waals surface area contributed by atoms with Crippen molar-refractivity contribution in [3.63, 3.8) is 0 Å². The highest BCUT2D eigenvalue weighted by atomic mass is 16.5. The number of rotatable bonds is 10. The average Bonchev–Trinajstić information content (AvgIpc) is 3.06. The number of nitrogens with zero attached hydrogens (tertiary/aromatic N) is 1. The van der Waals surface area contributed by atoms with Gasteiger partial charge in [0.15, 0.2) is 0 Å². The third-order valence-electron chi connectivity index (χ3n) is 4.20. The highest BCUT2D eigenvalue weighted by molar-refractivity contribution is 6.25. The lowest BCUT2D eigenvalue weighted by atomic mass is 10.1. The van der Waals surface area contributed by atoms with Gasteiger partial charge in [0.2, 0.25) is 11.7 Å². The molecule has 9 heteroatoms. The number of para-hydroxylation sites is 1. The SMILES string of the molecule is CC(C)OC(=O)[C@H](CCC(=O)C=[N+]=N)NC(=O)[C@@H](N)Cc1cc2ccccc2[nH]1. The van der Waals surface area contributed by atoms with Crippen molar-refractivity contribution < 1.29 is 23.9 Å². The summed E-state index contributed by atoms with van der Waals surface area (Å²) in [4.78, 5) is 42.5. The number of hydrogen-bond acceptors (Lipinski definition) is 6. The molecule has 0 saturated heterocycles. The molecule has 0 radical (unpaired) electrons. The van der Waals surface area contributed by atoms with Crippen molar-refractivity contribution in [2.24, 2.45) is 5.73 Å². The Kier molecular flexibility index (Phi) is 7.82. The van der Waals surface area contributed by atoms with Crippen LogP contribution >= 0.6 is 0 Å². The van der Waals surface area contributed by atoms with Crippen LogP contribution < -0.4 is 11.1 Å². The Morgan fingerprint density at radius 2 is 2.03 bits per heavy atom. The molecule has 154 valence electrons. The number of nitrogens with one attached hydrogen (secondary N) is 3. The lowest BCUT2D eigenvalue weighted by Gasteiger charge is -2.20. The normalized spacial score (nSPS) is 12.8. The van der Waals surface area contributed by atoms with Crippen LogP contribution in [-0.4, -0.2) is 51.8 Å². The summed E-state index contributed by atoms with van der Waals surface area (Å²) in [5.41, 5.74) is 14.5. The minimum Gasteiger partial charge on any atom is -0.461 e. The maximum atomic E-state index is 12.5. The zero-order valence-corrected chi connectivity index (χ0v) is 16.5. The van der Waals surface area contributed by atoms with E-state index in [-0.39, 0.29) is 25.4 Å². The summed E-state index contributed by atoms with van der Waals surface area (Å²) in [6.45, 7) is 3.38. The van der Waals surface area contributed by atoms with Crippen LogP contribution in [0, 0.1) is 5.53 Å². The Morgan fingerprint density at radius 3 is 2.69 bits per heavy atom. The zero-order chi connectivity index (χ0) is 21.4. The molecule has 29 heavy (non-hydrogen) atoms. The molecule has 2 rings (SSSR count). The molecular weight excluding hydrogens is 374 g/mol. The number of benzene rings is 1. The molecule has 0 aliphatic carbocycles. The molecule has 1 aromatic heterocycles. The summed E-state index contributed by atoms with van der Waals surface area (Å²) < 4.78 is 5.16. The fraction of sp³-hybridized carbons (Fsp3) is 0.400.